The predicted molar refractivity (Wildman–Crippen MR) is 169 cm³/mol. The first-order valence-corrected chi connectivity index (χ1v) is 15.8. The lowest BCUT2D eigenvalue weighted by Crippen LogP contribution is -2.57. The number of hydrogen-bond donors (Lipinski definition) is 0. The van der Waals surface area contributed by atoms with Gasteiger partial charge in [0.15, 0.2) is 0 Å². The van der Waals surface area contributed by atoms with Gasteiger partial charge in [0, 0.05) is 48.3 Å². The first kappa shape index (κ1) is 33.1. The van der Waals surface area contributed by atoms with Crippen molar-refractivity contribution < 1.29 is 41.4 Å². The van der Waals surface area contributed by atoms with E-state index in [1.807, 2.05) is 19.1 Å². The fourth-order valence-electron chi connectivity index (χ4n) is 7.64. The molecule has 3 aromatic rings. The van der Waals surface area contributed by atoms with Crippen molar-refractivity contribution in [3.63, 3.8) is 0 Å². The fourth-order valence-corrected chi connectivity index (χ4v) is 7.64. The number of aromatic nitrogens is 1. The zero-order chi connectivity index (χ0) is 34.1. The maximum Gasteiger partial charge on any atom is 0.419 e. The van der Waals surface area contributed by atoms with E-state index in [1.165, 1.54) is 16.6 Å². The maximum atomic E-state index is 14.3. The molecule has 254 valence electrons. The second-order valence-corrected chi connectivity index (χ2v) is 14.4. The van der Waals surface area contributed by atoms with Gasteiger partial charge in [-0.3, -0.25) is 9.47 Å². The molecule has 12 heteroatoms. The molecule has 3 aliphatic rings. The summed E-state index contributed by atoms with van der Waals surface area (Å²) in [7, 11) is 2.82. The Labute approximate surface area is 271 Å². The van der Waals surface area contributed by atoms with Crippen molar-refractivity contribution >= 4 is 28.7 Å². The molecule has 1 unspecified atom stereocenters. The Balaban J connectivity index is 1.43. The van der Waals surface area contributed by atoms with Crippen LogP contribution in [0.1, 0.15) is 79.5 Å². The van der Waals surface area contributed by atoms with E-state index in [-0.39, 0.29) is 18.4 Å². The minimum atomic E-state index is -2.87. The van der Waals surface area contributed by atoms with E-state index < -0.39 is 54.1 Å². The van der Waals surface area contributed by atoms with E-state index >= 15 is 0 Å². The van der Waals surface area contributed by atoms with Crippen LogP contribution in [0.15, 0.2) is 36.5 Å². The number of anilines is 1. The highest BCUT2D eigenvalue weighted by Crippen LogP contribution is 2.61. The Morgan fingerprint density at radius 2 is 1.70 bits per heavy atom. The molecule has 0 amide bonds. The number of nitrogens with zero attached hydrogens (tertiary/aromatic N) is 3. The molecule has 3 heterocycles. The standard InChI is InChI=1S/C35H41F4N3O5/c1-21-13-28(45-5)25(23-9-11-42(29(21)23)31(44)47-32(2,3)4)16-40-12-10-33(17-34(36,37)18-33)15-27(40)24-8-7-22(30(43)46-6)14-26(24)41-19-35(38,39)20-41/h7-9,11,13-14,27H,10,12,15-20H2,1-6H3. The molecule has 1 aromatic heterocycles. The summed E-state index contributed by atoms with van der Waals surface area (Å²) in [5.74, 6) is -5.60. The highest BCUT2D eigenvalue weighted by molar-refractivity contribution is 5.95. The van der Waals surface area contributed by atoms with Crippen molar-refractivity contribution in [1.82, 2.24) is 9.47 Å². The van der Waals surface area contributed by atoms with Crippen LogP contribution in [0.25, 0.3) is 10.9 Å². The van der Waals surface area contributed by atoms with Gasteiger partial charge >= 0.3 is 12.1 Å². The summed E-state index contributed by atoms with van der Waals surface area (Å²) in [6.45, 7) is 7.07. The SMILES string of the molecule is COC(=O)c1ccc(C2CC3(CCN2Cc2c(OC)cc(C)c4c2ccn4C(=O)OC(C)(C)C)CC(F)(F)C3)c(N2CC(F)(F)C2)c1. The van der Waals surface area contributed by atoms with Gasteiger partial charge < -0.3 is 19.1 Å². The minimum Gasteiger partial charge on any atom is -0.496 e. The van der Waals surface area contributed by atoms with Crippen LogP contribution < -0.4 is 9.64 Å². The molecule has 0 bridgehead atoms. The van der Waals surface area contributed by atoms with Gasteiger partial charge in [-0.1, -0.05) is 6.07 Å². The van der Waals surface area contributed by atoms with Crippen LogP contribution in [-0.4, -0.2) is 72.8 Å². The molecule has 1 spiro atoms. The number of fused-ring (bicyclic) bond motifs is 1. The van der Waals surface area contributed by atoms with Crippen LogP contribution >= 0.6 is 0 Å². The number of carbonyl (C=O) groups is 2. The number of esters is 1. The third-order valence-corrected chi connectivity index (χ3v) is 9.66. The topological polar surface area (TPSA) is 73.2 Å². The van der Waals surface area contributed by atoms with Crippen LogP contribution in [0.3, 0.4) is 0 Å². The Bertz CT molecular complexity index is 1710. The van der Waals surface area contributed by atoms with E-state index in [0.717, 1.165) is 16.5 Å². The fraction of sp³-hybridized carbons (Fsp3) is 0.543. The number of aryl methyl sites for hydroxylation is 1. The third-order valence-electron chi connectivity index (χ3n) is 9.66. The number of piperidine rings is 1. The number of carbonyl (C=O) groups excluding carboxylic acids is 2. The number of likely N-dealkylation sites (tertiary alicyclic amines) is 1. The second-order valence-electron chi connectivity index (χ2n) is 14.4. The normalized spacial score (nSPS) is 21.7. The van der Waals surface area contributed by atoms with Gasteiger partial charge in [0.2, 0.25) is 5.92 Å². The van der Waals surface area contributed by atoms with Gasteiger partial charge in [-0.15, -0.1) is 0 Å². The van der Waals surface area contributed by atoms with Crippen LogP contribution in [0.4, 0.5) is 28.0 Å². The van der Waals surface area contributed by atoms with E-state index in [4.69, 9.17) is 14.2 Å². The molecule has 47 heavy (non-hydrogen) atoms. The lowest BCUT2D eigenvalue weighted by Gasteiger charge is -2.55. The van der Waals surface area contributed by atoms with Crippen molar-refractivity contribution in [2.75, 3.05) is 38.8 Å². The van der Waals surface area contributed by atoms with Crippen LogP contribution in [-0.2, 0) is 16.0 Å². The maximum absolute atomic E-state index is 14.3. The first-order chi connectivity index (χ1) is 21.9. The molecule has 1 saturated carbocycles. The summed E-state index contributed by atoms with van der Waals surface area (Å²) in [6, 6.07) is 8.19. The summed E-state index contributed by atoms with van der Waals surface area (Å²) >= 11 is 0. The monoisotopic (exact) mass is 659 g/mol. The van der Waals surface area contributed by atoms with Gasteiger partial charge in [0.05, 0.1) is 38.4 Å². The van der Waals surface area contributed by atoms with E-state index in [1.54, 1.807) is 52.3 Å². The van der Waals surface area contributed by atoms with Gasteiger partial charge in [-0.25, -0.2) is 27.2 Å². The summed E-state index contributed by atoms with van der Waals surface area (Å²) in [6.07, 6.45) is 1.65. The Morgan fingerprint density at radius 3 is 2.30 bits per heavy atom. The van der Waals surface area contributed by atoms with Gasteiger partial charge in [-0.05, 0) is 87.9 Å². The molecule has 8 nitrogen and oxygen atoms in total. The number of benzene rings is 2. The van der Waals surface area contributed by atoms with E-state index in [0.29, 0.717) is 48.4 Å². The zero-order valence-corrected chi connectivity index (χ0v) is 27.6. The van der Waals surface area contributed by atoms with Crippen molar-refractivity contribution in [3.8, 4) is 5.75 Å². The minimum absolute atomic E-state index is 0.221. The van der Waals surface area contributed by atoms with Gasteiger partial charge in [-0.2, -0.15) is 0 Å². The van der Waals surface area contributed by atoms with Crippen LogP contribution in [0, 0.1) is 12.3 Å². The molecule has 2 saturated heterocycles. The quantitative estimate of drug-likeness (QED) is 0.198. The first-order valence-electron chi connectivity index (χ1n) is 15.8. The number of halogens is 4. The van der Waals surface area contributed by atoms with Crippen molar-refractivity contribution in [2.45, 2.75) is 83.4 Å². The number of rotatable bonds is 6. The molecule has 3 fully saturated rings. The smallest absolute Gasteiger partial charge is 0.419 e. The Morgan fingerprint density at radius 1 is 1.00 bits per heavy atom. The molecule has 6 rings (SSSR count). The van der Waals surface area contributed by atoms with Crippen LogP contribution in [0.5, 0.6) is 5.75 Å². The molecule has 0 radical (unpaired) electrons. The predicted octanol–water partition coefficient (Wildman–Crippen LogP) is 7.74. The highest BCUT2D eigenvalue weighted by Gasteiger charge is 2.59. The molecule has 2 aromatic carbocycles. The summed E-state index contributed by atoms with van der Waals surface area (Å²) in [5.41, 5.74) is 2.37. The molecular formula is C35H41F4N3O5. The Hall–Kier alpha value is -3.80. The number of hydrogen-bond acceptors (Lipinski definition) is 7. The number of alkyl halides is 4. The number of methoxy groups -OCH3 is 2. The van der Waals surface area contributed by atoms with Gasteiger partial charge in [0.25, 0.3) is 5.92 Å². The summed E-state index contributed by atoms with van der Waals surface area (Å²) < 4.78 is 74.9. The largest absolute Gasteiger partial charge is 0.496 e. The van der Waals surface area contributed by atoms with E-state index in [9.17, 15) is 27.2 Å². The summed E-state index contributed by atoms with van der Waals surface area (Å²) in [4.78, 5) is 29.3. The molecular weight excluding hydrogens is 618 g/mol. The van der Waals surface area contributed by atoms with Crippen molar-refractivity contribution in [1.29, 1.82) is 0 Å². The molecule has 1 aliphatic carbocycles. The Kier molecular flexibility index (Phi) is 8.05. The lowest BCUT2D eigenvalue weighted by molar-refractivity contribution is -0.186. The second kappa shape index (κ2) is 11.4. The van der Waals surface area contributed by atoms with Crippen molar-refractivity contribution in [2.24, 2.45) is 5.41 Å². The lowest BCUT2D eigenvalue weighted by atomic mass is 9.58. The highest BCUT2D eigenvalue weighted by atomic mass is 19.3. The van der Waals surface area contributed by atoms with E-state index in [2.05, 4.69) is 4.90 Å². The molecule has 0 N–H and O–H groups in total. The number of ether oxygens (including phenoxy) is 3. The molecule has 1 atom stereocenters. The molecule has 2 aliphatic heterocycles. The summed E-state index contributed by atoms with van der Waals surface area (Å²) in [5, 5.41) is 0.783. The average Bonchev–Trinajstić information content (AvgIpc) is 3.42. The van der Waals surface area contributed by atoms with Crippen LogP contribution in [0.2, 0.25) is 0 Å². The van der Waals surface area contributed by atoms with Crippen molar-refractivity contribution in [3.05, 3.63) is 58.8 Å². The third kappa shape index (κ3) is 6.28. The average molecular weight is 660 g/mol. The zero-order valence-electron chi connectivity index (χ0n) is 27.6. The van der Waals surface area contributed by atoms with Gasteiger partial charge in [0.1, 0.15) is 11.4 Å².